The zero-order valence-corrected chi connectivity index (χ0v) is 15.2. The van der Waals surface area contributed by atoms with Crippen molar-refractivity contribution in [2.45, 2.75) is 6.18 Å². The van der Waals surface area contributed by atoms with Crippen molar-refractivity contribution in [1.82, 2.24) is 20.2 Å². The van der Waals surface area contributed by atoms with Gasteiger partial charge in [0.15, 0.2) is 0 Å². The van der Waals surface area contributed by atoms with Crippen LogP contribution in [0.3, 0.4) is 0 Å². The molecule has 0 aliphatic carbocycles. The van der Waals surface area contributed by atoms with E-state index in [4.69, 9.17) is 11.6 Å². The Morgan fingerprint density at radius 2 is 2.04 bits per heavy atom. The van der Waals surface area contributed by atoms with Gasteiger partial charge in [-0.2, -0.15) is 18.3 Å². The Balaban J connectivity index is 1.87. The molecule has 2 rings (SSSR count). The lowest BCUT2D eigenvalue weighted by atomic mass is 10.2. The number of halogens is 4. The molecule has 1 fully saturated rings. The van der Waals surface area contributed by atoms with Crippen molar-refractivity contribution < 1.29 is 18.0 Å². The lowest BCUT2D eigenvalue weighted by Gasteiger charge is -2.35. The normalized spacial score (nSPS) is 16.2. The van der Waals surface area contributed by atoms with Gasteiger partial charge in [0.1, 0.15) is 12.2 Å². The highest BCUT2D eigenvalue weighted by atomic mass is 35.5. The van der Waals surface area contributed by atoms with Crippen molar-refractivity contribution in [1.29, 1.82) is 0 Å². The van der Waals surface area contributed by atoms with Crippen molar-refractivity contribution in [2.24, 2.45) is 5.10 Å². The lowest BCUT2D eigenvalue weighted by molar-refractivity contribution is -0.137. The number of alkyl halides is 3. The molecule has 0 atom stereocenters. The summed E-state index contributed by atoms with van der Waals surface area (Å²) in [5, 5.41) is 3.75. The summed E-state index contributed by atoms with van der Waals surface area (Å²) in [6.45, 7) is 2.32. The molecule has 1 aromatic rings. The van der Waals surface area contributed by atoms with Crippen molar-refractivity contribution in [3.8, 4) is 0 Å². The van der Waals surface area contributed by atoms with Crippen LogP contribution in [0, 0.1) is 0 Å². The van der Waals surface area contributed by atoms with E-state index in [0.29, 0.717) is 32.0 Å². The topological polar surface area (TPSA) is 64.1 Å². The molecule has 2 heterocycles. The Morgan fingerprint density at radius 1 is 1.38 bits per heavy atom. The minimum atomic E-state index is -4.48. The molecule has 1 saturated heterocycles. The highest BCUT2D eigenvalue weighted by Crippen LogP contribution is 2.33. The summed E-state index contributed by atoms with van der Waals surface area (Å²) in [6.07, 6.45) is -2.21. The molecule has 1 aliphatic heterocycles. The minimum Gasteiger partial charge on any atom is -0.367 e. The van der Waals surface area contributed by atoms with Gasteiger partial charge in [-0.3, -0.25) is 9.69 Å². The van der Waals surface area contributed by atoms with Crippen LogP contribution < -0.4 is 10.3 Å². The van der Waals surface area contributed by atoms with Crippen LogP contribution in [0.4, 0.5) is 19.0 Å². The molecule has 1 amide bonds. The number of nitrogens with zero attached hydrogens (tertiary/aromatic N) is 5. The Bertz CT molecular complexity index is 659. The molecule has 0 unspecified atom stereocenters. The number of carbonyl (C=O) groups excluding carboxylic acids is 1. The van der Waals surface area contributed by atoms with Gasteiger partial charge >= 0.3 is 6.18 Å². The highest BCUT2D eigenvalue weighted by molar-refractivity contribution is 6.33. The Hall–Kier alpha value is -2.07. The summed E-state index contributed by atoms with van der Waals surface area (Å²) in [7, 11) is 3.57. The molecule has 0 aromatic carbocycles. The van der Waals surface area contributed by atoms with E-state index in [9.17, 15) is 18.0 Å². The molecule has 0 spiro atoms. The van der Waals surface area contributed by atoms with E-state index in [2.05, 4.69) is 15.5 Å². The summed E-state index contributed by atoms with van der Waals surface area (Å²) in [5.74, 6) is 0.0848. The first-order valence-electron chi connectivity index (χ1n) is 7.85. The van der Waals surface area contributed by atoms with E-state index in [-0.39, 0.29) is 17.5 Å². The van der Waals surface area contributed by atoms with Crippen molar-refractivity contribution >= 4 is 29.7 Å². The maximum atomic E-state index is 12.7. The maximum Gasteiger partial charge on any atom is 0.417 e. The van der Waals surface area contributed by atoms with Crippen LogP contribution in [0.1, 0.15) is 5.56 Å². The largest absolute Gasteiger partial charge is 0.417 e. The Labute approximate surface area is 154 Å². The van der Waals surface area contributed by atoms with E-state index in [1.54, 1.807) is 23.9 Å². The summed E-state index contributed by atoms with van der Waals surface area (Å²) in [4.78, 5) is 21.1. The predicted octanol–water partition coefficient (Wildman–Crippen LogP) is 1.50. The van der Waals surface area contributed by atoms with Crippen LogP contribution >= 0.6 is 11.6 Å². The second-order valence-corrected chi connectivity index (χ2v) is 6.44. The molecular formula is C15H20ClF3N6O. The van der Waals surface area contributed by atoms with Gasteiger partial charge in [0.05, 0.1) is 17.1 Å². The van der Waals surface area contributed by atoms with Gasteiger partial charge in [0, 0.05) is 46.5 Å². The van der Waals surface area contributed by atoms with E-state index in [1.165, 1.54) is 6.34 Å². The van der Waals surface area contributed by atoms with E-state index >= 15 is 0 Å². The molecule has 0 radical (unpaired) electrons. The first-order valence-corrected chi connectivity index (χ1v) is 8.23. The summed E-state index contributed by atoms with van der Waals surface area (Å²) < 4.78 is 38.0. The van der Waals surface area contributed by atoms with Gasteiger partial charge in [0.25, 0.3) is 5.91 Å². The number of anilines is 1. The molecule has 1 aliphatic rings. The van der Waals surface area contributed by atoms with Crippen LogP contribution in [0.5, 0.6) is 0 Å². The fraction of sp³-hybridized carbons (Fsp3) is 0.533. The number of aromatic nitrogens is 1. The number of amides is 1. The number of nitrogens with one attached hydrogen (secondary N) is 1. The Morgan fingerprint density at radius 3 is 2.58 bits per heavy atom. The van der Waals surface area contributed by atoms with Gasteiger partial charge in [0.2, 0.25) is 0 Å². The summed E-state index contributed by atoms with van der Waals surface area (Å²) in [6, 6.07) is 0.881. The minimum absolute atomic E-state index is 0.0379. The lowest BCUT2D eigenvalue weighted by Crippen LogP contribution is -2.49. The van der Waals surface area contributed by atoms with Crippen LogP contribution in [0.15, 0.2) is 17.4 Å². The third kappa shape index (κ3) is 5.73. The van der Waals surface area contributed by atoms with Gasteiger partial charge in [-0.15, -0.1) is 0 Å². The molecule has 1 aromatic heterocycles. The monoisotopic (exact) mass is 392 g/mol. The van der Waals surface area contributed by atoms with E-state index in [1.807, 2.05) is 4.90 Å². The fourth-order valence-corrected chi connectivity index (χ4v) is 2.68. The first-order chi connectivity index (χ1) is 12.2. The van der Waals surface area contributed by atoms with Crippen LogP contribution in [-0.2, 0) is 11.0 Å². The number of carbonyl (C=O) groups is 1. The van der Waals surface area contributed by atoms with Gasteiger partial charge in [-0.05, 0) is 6.07 Å². The van der Waals surface area contributed by atoms with Crippen molar-refractivity contribution in [3.05, 3.63) is 22.8 Å². The molecule has 26 heavy (non-hydrogen) atoms. The molecule has 0 bridgehead atoms. The second-order valence-electron chi connectivity index (χ2n) is 6.03. The van der Waals surface area contributed by atoms with Gasteiger partial charge in [-0.1, -0.05) is 11.6 Å². The molecule has 0 saturated carbocycles. The maximum absolute atomic E-state index is 12.7. The third-order valence-corrected chi connectivity index (χ3v) is 3.94. The molecule has 7 nitrogen and oxygen atoms in total. The third-order valence-electron chi connectivity index (χ3n) is 3.67. The highest BCUT2D eigenvalue weighted by Gasteiger charge is 2.32. The predicted molar refractivity (Wildman–Crippen MR) is 93.2 cm³/mol. The molecule has 144 valence electrons. The quantitative estimate of drug-likeness (QED) is 0.467. The molecule has 1 N–H and O–H groups in total. The smallest absolute Gasteiger partial charge is 0.367 e. The zero-order valence-electron chi connectivity index (χ0n) is 14.4. The number of hydrogen-bond donors (Lipinski definition) is 1. The van der Waals surface area contributed by atoms with Crippen LogP contribution in [-0.4, -0.2) is 73.8 Å². The van der Waals surface area contributed by atoms with Crippen molar-refractivity contribution in [3.63, 3.8) is 0 Å². The average molecular weight is 393 g/mol. The standard InChI is InChI=1S/C15H20ClF3N6O/c1-23(2)10-21-22-13(26)9-24-3-5-25(6-4-24)14-12(16)7-11(8-20-14)15(17,18)19/h7-8,10H,3-6,9H2,1-2H3,(H,22,26)/b21-10+. The van der Waals surface area contributed by atoms with Crippen LogP contribution in [0.2, 0.25) is 5.02 Å². The second kappa shape index (κ2) is 8.54. The number of pyridine rings is 1. The number of hydrazone groups is 1. The SMILES string of the molecule is CN(C)/C=N/NC(=O)CN1CCN(c2ncc(C(F)(F)F)cc2Cl)CC1. The average Bonchev–Trinajstić information content (AvgIpc) is 2.54. The number of hydrogen-bond acceptors (Lipinski definition) is 5. The van der Waals surface area contributed by atoms with Crippen molar-refractivity contribution in [2.75, 3.05) is 51.7 Å². The van der Waals surface area contributed by atoms with Crippen LogP contribution in [0.25, 0.3) is 0 Å². The Kier molecular flexibility index (Phi) is 6.65. The van der Waals surface area contributed by atoms with Gasteiger partial charge < -0.3 is 9.80 Å². The number of piperazine rings is 1. The summed E-state index contributed by atoms with van der Waals surface area (Å²) >= 11 is 5.97. The summed E-state index contributed by atoms with van der Waals surface area (Å²) in [5.41, 5.74) is 1.55. The zero-order chi connectivity index (χ0) is 19.3. The van der Waals surface area contributed by atoms with E-state index in [0.717, 1.165) is 12.3 Å². The van der Waals surface area contributed by atoms with E-state index < -0.39 is 11.7 Å². The fourth-order valence-electron chi connectivity index (χ4n) is 2.39. The first kappa shape index (κ1) is 20.2. The van der Waals surface area contributed by atoms with Gasteiger partial charge in [-0.25, -0.2) is 10.4 Å². The molecule has 11 heteroatoms. The number of rotatable bonds is 5. The molecular weight excluding hydrogens is 373 g/mol.